The number of ether oxygens (including phenoxy) is 1. The van der Waals surface area contributed by atoms with Gasteiger partial charge in [-0.1, -0.05) is 6.92 Å². The minimum Gasteiger partial charge on any atom is -0.491 e. The van der Waals surface area contributed by atoms with Crippen LogP contribution in [0.2, 0.25) is 0 Å². The lowest BCUT2D eigenvalue weighted by atomic mass is 9.93. The Morgan fingerprint density at radius 3 is 2.58 bits per heavy atom. The van der Waals surface area contributed by atoms with Gasteiger partial charge in [-0.05, 0) is 54.2 Å². The molecule has 0 unspecified atom stereocenters. The molecule has 0 radical (unpaired) electrons. The number of hydrogen-bond donors (Lipinski definition) is 1. The Hall–Kier alpha value is -0.750. The zero-order chi connectivity index (χ0) is 14.6. The summed E-state index contributed by atoms with van der Waals surface area (Å²) >= 11 is 3.07. The number of rotatable bonds is 6. The van der Waals surface area contributed by atoms with Crippen LogP contribution in [0, 0.1) is 5.92 Å². The monoisotopic (exact) mass is 336 g/mol. The van der Waals surface area contributed by atoms with Gasteiger partial charge in [0.25, 0.3) is 6.43 Å². The van der Waals surface area contributed by atoms with E-state index >= 15 is 0 Å². The number of hydrogen-bond acceptors (Lipinski definition) is 3. The van der Waals surface area contributed by atoms with E-state index in [0.29, 0.717) is 11.2 Å². The second kappa shape index (κ2) is 6.61. The summed E-state index contributed by atoms with van der Waals surface area (Å²) in [5.74, 6) is 0.300. The molecule has 19 heavy (non-hydrogen) atoms. The molecule has 1 heterocycles. The molecule has 6 heteroatoms. The molecule has 0 amide bonds. The quantitative estimate of drug-likeness (QED) is 0.801. The van der Waals surface area contributed by atoms with Gasteiger partial charge in [-0.2, -0.15) is 0 Å². The van der Waals surface area contributed by atoms with Crippen LogP contribution in [0.15, 0.2) is 16.7 Å². The van der Waals surface area contributed by atoms with E-state index < -0.39 is 6.43 Å². The SMILES string of the molecule is C[C@H](COc1ccc(Br)nc1C(F)F)CC(C)(C)N. The number of pyridine rings is 1. The summed E-state index contributed by atoms with van der Waals surface area (Å²) in [7, 11) is 0. The van der Waals surface area contributed by atoms with E-state index in [1.807, 2.05) is 20.8 Å². The van der Waals surface area contributed by atoms with E-state index in [0.717, 1.165) is 6.42 Å². The van der Waals surface area contributed by atoms with Crippen LogP contribution in [0.4, 0.5) is 8.78 Å². The highest BCUT2D eigenvalue weighted by Gasteiger charge is 2.19. The van der Waals surface area contributed by atoms with Gasteiger partial charge in [-0.25, -0.2) is 13.8 Å². The molecule has 0 aliphatic rings. The number of nitrogens with two attached hydrogens (primary N) is 1. The van der Waals surface area contributed by atoms with E-state index in [-0.39, 0.29) is 22.9 Å². The van der Waals surface area contributed by atoms with E-state index in [4.69, 9.17) is 10.5 Å². The minimum absolute atomic E-state index is 0.125. The molecule has 0 spiro atoms. The van der Waals surface area contributed by atoms with Gasteiger partial charge in [0.05, 0.1) is 6.61 Å². The molecule has 0 aliphatic heterocycles. The summed E-state index contributed by atoms with van der Waals surface area (Å²) in [6.45, 7) is 6.16. The predicted molar refractivity (Wildman–Crippen MR) is 74.4 cm³/mol. The molecule has 0 bridgehead atoms. The number of halogens is 3. The highest BCUT2D eigenvalue weighted by Crippen LogP contribution is 2.29. The number of nitrogens with zero attached hydrogens (tertiary/aromatic N) is 1. The Balaban J connectivity index is 2.67. The van der Waals surface area contributed by atoms with E-state index in [9.17, 15) is 8.78 Å². The molecule has 1 rings (SSSR count). The van der Waals surface area contributed by atoms with Crippen LogP contribution in [-0.2, 0) is 0 Å². The third kappa shape index (κ3) is 5.82. The molecule has 0 saturated carbocycles. The van der Waals surface area contributed by atoms with E-state index in [1.54, 1.807) is 6.07 Å². The Morgan fingerprint density at radius 1 is 1.42 bits per heavy atom. The third-order valence-corrected chi connectivity index (χ3v) is 2.90. The average molecular weight is 337 g/mol. The van der Waals surface area contributed by atoms with Gasteiger partial charge < -0.3 is 10.5 Å². The Labute approximate surface area is 120 Å². The molecular formula is C13H19BrF2N2O. The van der Waals surface area contributed by atoms with Crippen molar-refractivity contribution in [1.29, 1.82) is 0 Å². The van der Waals surface area contributed by atoms with E-state index in [2.05, 4.69) is 20.9 Å². The van der Waals surface area contributed by atoms with Crippen LogP contribution in [0.5, 0.6) is 5.75 Å². The van der Waals surface area contributed by atoms with Gasteiger partial charge in [-0.3, -0.25) is 0 Å². The van der Waals surface area contributed by atoms with Crippen LogP contribution in [0.25, 0.3) is 0 Å². The van der Waals surface area contributed by atoms with Crippen LogP contribution < -0.4 is 10.5 Å². The number of alkyl halides is 2. The van der Waals surface area contributed by atoms with Crippen LogP contribution in [0.1, 0.15) is 39.3 Å². The smallest absolute Gasteiger partial charge is 0.284 e. The van der Waals surface area contributed by atoms with Crippen molar-refractivity contribution in [1.82, 2.24) is 4.98 Å². The van der Waals surface area contributed by atoms with Gasteiger partial charge in [0.15, 0.2) is 0 Å². The third-order valence-electron chi connectivity index (χ3n) is 2.46. The lowest BCUT2D eigenvalue weighted by Gasteiger charge is -2.23. The first kappa shape index (κ1) is 16.3. The highest BCUT2D eigenvalue weighted by atomic mass is 79.9. The molecule has 0 aromatic carbocycles. The van der Waals surface area contributed by atoms with Crippen molar-refractivity contribution in [2.24, 2.45) is 11.7 Å². The Kier molecular flexibility index (Phi) is 5.67. The van der Waals surface area contributed by atoms with Crippen molar-refractivity contribution < 1.29 is 13.5 Å². The molecule has 0 aliphatic carbocycles. The molecular weight excluding hydrogens is 318 g/mol. The van der Waals surface area contributed by atoms with Crippen molar-refractivity contribution in [3.63, 3.8) is 0 Å². The maximum Gasteiger partial charge on any atom is 0.284 e. The van der Waals surface area contributed by atoms with Gasteiger partial charge in [0, 0.05) is 5.54 Å². The first-order chi connectivity index (χ1) is 8.69. The minimum atomic E-state index is -2.66. The van der Waals surface area contributed by atoms with Gasteiger partial charge in [0.2, 0.25) is 0 Å². The Bertz CT molecular complexity index is 422. The van der Waals surface area contributed by atoms with Crippen LogP contribution in [-0.4, -0.2) is 17.1 Å². The van der Waals surface area contributed by atoms with Crippen molar-refractivity contribution >= 4 is 15.9 Å². The lowest BCUT2D eigenvalue weighted by Crippen LogP contribution is -2.35. The van der Waals surface area contributed by atoms with Gasteiger partial charge >= 0.3 is 0 Å². The maximum atomic E-state index is 12.8. The molecule has 2 N–H and O–H groups in total. The van der Waals surface area contributed by atoms with Crippen molar-refractivity contribution in [3.05, 3.63) is 22.4 Å². The normalized spacial score (nSPS) is 13.7. The molecule has 0 saturated heterocycles. The topological polar surface area (TPSA) is 48.1 Å². The summed E-state index contributed by atoms with van der Waals surface area (Å²) < 4.78 is 31.4. The first-order valence-corrected chi connectivity index (χ1v) is 6.84. The fourth-order valence-corrected chi connectivity index (χ4v) is 2.23. The van der Waals surface area contributed by atoms with Gasteiger partial charge in [-0.15, -0.1) is 0 Å². The molecule has 1 aromatic rings. The summed E-state index contributed by atoms with van der Waals surface area (Å²) in [5.41, 5.74) is 5.27. The molecule has 3 nitrogen and oxygen atoms in total. The summed E-state index contributed by atoms with van der Waals surface area (Å²) in [6.07, 6.45) is -1.91. The van der Waals surface area contributed by atoms with Crippen LogP contribution in [0.3, 0.4) is 0 Å². The lowest BCUT2D eigenvalue weighted by molar-refractivity contribution is 0.136. The predicted octanol–water partition coefficient (Wildman–Crippen LogP) is 3.92. The average Bonchev–Trinajstić information content (AvgIpc) is 2.24. The Morgan fingerprint density at radius 2 is 2.05 bits per heavy atom. The summed E-state index contributed by atoms with van der Waals surface area (Å²) in [4.78, 5) is 3.74. The summed E-state index contributed by atoms with van der Waals surface area (Å²) in [5, 5.41) is 0. The molecule has 0 fully saturated rings. The summed E-state index contributed by atoms with van der Waals surface area (Å²) in [6, 6.07) is 3.08. The van der Waals surface area contributed by atoms with Crippen LogP contribution >= 0.6 is 15.9 Å². The van der Waals surface area contributed by atoms with Gasteiger partial charge in [0.1, 0.15) is 16.0 Å². The highest BCUT2D eigenvalue weighted by molar-refractivity contribution is 9.10. The molecule has 1 aromatic heterocycles. The van der Waals surface area contributed by atoms with Crippen molar-refractivity contribution in [2.45, 2.75) is 39.2 Å². The number of aromatic nitrogens is 1. The fourth-order valence-electron chi connectivity index (χ4n) is 1.90. The zero-order valence-corrected chi connectivity index (χ0v) is 12.9. The molecule has 1 atom stereocenters. The second-order valence-corrected chi connectivity index (χ2v) is 6.24. The largest absolute Gasteiger partial charge is 0.491 e. The fraction of sp³-hybridized carbons (Fsp3) is 0.615. The standard InChI is InChI=1S/C13H19BrF2N2O/c1-8(6-13(2,3)17)7-19-9-4-5-10(14)18-11(9)12(15)16/h4-5,8,12H,6-7,17H2,1-3H3/t8-/m0/s1. The second-order valence-electron chi connectivity index (χ2n) is 5.43. The first-order valence-electron chi connectivity index (χ1n) is 6.05. The van der Waals surface area contributed by atoms with Crippen molar-refractivity contribution in [3.8, 4) is 5.75 Å². The van der Waals surface area contributed by atoms with Crippen molar-refractivity contribution in [2.75, 3.05) is 6.61 Å². The zero-order valence-electron chi connectivity index (χ0n) is 11.3. The maximum absolute atomic E-state index is 12.8. The van der Waals surface area contributed by atoms with E-state index in [1.165, 1.54) is 6.07 Å². The molecule has 108 valence electrons.